The highest BCUT2D eigenvalue weighted by Crippen LogP contribution is 2.45. The average molecular weight is 581 g/mol. The summed E-state index contributed by atoms with van der Waals surface area (Å²) in [4.78, 5) is 18.7. The number of likely N-dealkylation sites (tertiary alicyclic amines) is 2. The molecule has 9 heteroatoms. The molecule has 0 spiro atoms. The average Bonchev–Trinajstić information content (AvgIpc) is 3.58. The second-order valence-electron chi connectivity index (χ2n) is 12.4. The molecule has 3 fully saturated rings. The number of amides is 1. The van der Waals surface area contributed by atoms with E-state index in [1.807, 2.05) is 42.6 Å². The number of aryl methyl sites for hydroxylation is 1. The molecule has 220 valence electrons. The fraction of sp³-hybridized carbons (Fsp3) is 0.531. The number of hydrogen-bond acceptors (Lipinski definition) is 4. The monoisotopic (exact) mass is 580 g/mol. The first-order valence-electron chi connectivity index (χ1n) is 15.0. The van der Waals surface area contributed by atoms with E-state index in [1.165, 1.54) is 24.7 Å². The van der Waals surface area contributed by atoms with Crippen molar-refractivity contribution in [1.29, 1.82) is 0 Å². The number of aromatic nitrogens is 1. The normalized spacial score (nSPS) is 22.5. The van der Waals surface area contributed by atoms with E-state index < -0.39 is 10.0 Å². The second-order valence-corrected chi connectivity index (χ2v) is 14.2. The molecular formula is C32H41FN4O3S. The van der Waals surface area contributed by atoms with Crippen molar-refractivity contribution < 1.29 is 17.6 Å². The highest BCUT2D eigenvalue weighted by molar-refractivity contribution is 7.88. The lowest BCUT2D eigenvalue weighted by molar-refractivity contribution is 0.0781. The summed E-state index contributed by atoms with van der Waals surface area (Å²) in [5.41, 5.74) is 2.91. The molecule has 2 aliphatic heterocycles. The fourth-order valence-corrected chi connectivity index (χ4v) is 7.64. The van der Waals surface area contributed by atoms with Gasteiger partial charge in [-0.15, -0.1) is 0 Å². The Morgan fingerprint density at radius 3 is 2.46 bits per heavy atom. The van der Waals surface area contributed by atoms with Gasteiger partial charge in [-0.2, -0.15) is 0 Å². The molecule has 0 bridgehead atoms. The van der Waals surface area contributed by atoms with Crippen molar-refractivity contribution in [3.63, 3.8) is 0 Å². The number of piperidine rings is 1. The van der Waals surface area contributed by atoms with Crippen molar-refractivity contribution in [1.82, 2.24) is 19.1 Å². The van der Waals surface area contributed by atoms with Gasteiger partial charge in [0.25, 0.3) is 5.91 Å². The van der Waals surface area contributed by atoms with Crippen LogP contribution < -0.4 is 4.72 Å². The number of rotatable bonds is 10. The molecule has 1 aliphatic carbocycles. The van der Waals surface area contributed by atoms with E-state index in [0.717, 1.165) is 67.9 Å². The number of carbonyl (C=O) groups excluding carboxylic acids is 1. The third-order valence-electron chi connectivity index (χ3n) is 9.39. The number of carbonyl (C=O) groups is 1. The van der Waals surface area contributed by atoms with Gasteiger partial charge in [0, 0.05) is 44.3 Å². The standard InChI is InChI=1S/C32H41FN4O3S/c1-41(39,40)34-15-3-16-36-19-14-26-4-2-5-29(31(26)36)32(38)37-21-27(30(22-37)25-6-7-25)20-35-17-12-24(13-18-35)23-8-10-28(33)11-9-23/h2,4-5,8-11,14,19,24-25,27,30,34H,3,6-7,12-13,15-18,20-22H2,1H3/t27-,30+/m1/s1. The third kappa shape index (κ3) is 6.68. The molecule has 3 aliphatic rings. The summed E-state index contributed by atoms with van der Waals surface area (Å²) < 4.78 is 40.9. The van der Waals surface area contributed by atoms with Crippen LogP contribution in [0.4, 0.5) is 4.39 Å². The van der Waals surface area contributed by atoms with Crippen LogP contribution in [0.3, 0.4) is 0 Å². The van der Waals surface area contributed by atoms with E-state index in [-0.39, 0.29) is 11.7 Å². The summed E-state index contributed by atoms with van der Waals surface area (Å²) in [6.07, 6.45) is 8.54. The number of nitrogens with one attached hydrogen (secondary N) is 1. The number of nitrogens with zero attached hydrogens (tertiary/aromatic N) is 3. The largest absolute Gasteiger partial charge is 0.347 e. The van der Waals surface area contributed by atoms with Crippen molar-refractivity contribution in [3.8, 4) is 0 Å². The van der Waals surface area contributed by atoms with Gasteiger partial charge in [-0.25, -0.2) is 17.5 Å². The molecule has 7 nitrogen and oxygen atoms in total. The highest BCUT2D eigenvalue weighted by atomic mass is 32.2. The first-order chi connectivity index (χ1) is 19.7. The topological polar surface area (TPSA) is 74.6 Å². The minimum Gasteiger partial charge on any atom is -0.347 e. The zero-order valence-corrected chi connectivity index (χ0v) is 24.7. The van der Waals surface area contributed by atoms with Gasteiger partial charge in [0.2, 0.25) is 10.0 Å². The Kier molecular flexibility index (Phi) is 8.21. The Balaban J connectivity index is 1.11. The van der Waals surface area contributed by atoms with Crippen molar-refractivity contribution in [2.45, 2.75) is 44.6 Å². The molecule has 41 heavy (non-hydrogen) atoms. The molecule has 2 atom stereocenters. The van der Waals surface area contributed by atoms with Gasteiger partial charge in [-0.1, -0.05) is 24.3 Å². The lowest BCUT2D eigenvalue weighted by Crippen LogP contribution is -2.39. The van der Waals surface area contributed by atoms with E-state index >= 15 is 0 Å². The SMILES string of the molecule is CS(=O)(=O)NCCCn1ccc2cccc(C(=O)N3C[C@@H](CN4CCC(c5ccc(F)cc5)CC4)[C@H](C4CC4)C3)c21. The number of fused-ring (bicyclic) bond motifs is 1. The lowest BCUT2D eigenvalue weighted by atomic mass is 9.87. The van der Waals surface area contributed by atoms with E-state index in [9.17, 15) is 17.6 Å². The first kappa shape index (κ1) is 28.4. The summed E-state index contributed by atoms with van der Waals surface area (Å²) in [6.45, 7) is 5.76. The lowest BCUT2D eigenvalue weighted by Gasteiger charge is -2.34. The Morgan fingerprint density at radius 2 is 1.76 bits per heavy atom. The van der Waals surface area contributed by atoms with Crippen LogP contribution in [-0.4, -0.2) is 74.2 Å². The molecule has 3 heterocycles. The number of halogens is 1. The van der Waals surface area contributed by atoms with E-state index in [0.29, 0.717) is 37.3 Å². The summed E-state index contributed by atoms with van der Waals surface area (Å²) >= 11 is 0. The van der Waals surface area contributed by atoms with Crippen molar-refractivity contribution in [2.75, 3.05) is 45.5 Å². The summed E-state index contributed by atoms with van der Waals surface area (Å²) in [5.74, 6) is 2.20. The van der Waals surface area contributed by atoms with Crippen LogP contribution in [0.25, 0.3) is 10.9 Å². The maximum absolute atomic E-state index is 14.0. The molecule has 1 N–H and O–H groups in total. The van der Waals surface area contributed by atoms with Gasteiger partial charge in [-0.3, -0.25) is 4.79 Å². The zero-order valence-electron chi connectivity index (χ0n) is 23.8. The number of benzene rings is 2. The number of sulfonamides is 1. The van der Waals surface area contributed by atoms with Crippen molar-refractivity contribution in [3.05, 3.63) is 71.7 Å². The minimum absolute atomic E-state index is 0.105. The first-order valence-corrected chi connectivity index (χ1v) is 16.9. The summed E-state index contributed by atoms with van der Waals surface area (Å²) in [6, 6.07) is 15.0. The predicted molar refractivity (Wildman–Crippen MR) is 160 cm³/mol. The predicted octanol–water partition coefficient (Wildman–Crippen LogP) is 4.70. The maximum Gasteiger partial charge on any atom is 0.256 e. The molecule has 0 radical (unpaired) electrons. The zero-order chi connectivity index (χ0) is 28.6. The van der Waals surface area contributed by atoms with Crippen molar-refractivity contribution in [2.24, 2.45) is 17.8 Å². The molecular weight excluding hydrogens is 539 g/mol. The van der Waals surface area contributed by atoms with E-state index in [4.69, 9.17) is 0 Å². The highest BCUT2D eigenvalue weighted by Gasteiger charge is 2.44. The van der Waals surface area contributed by atoms with Crippen LogP contribution in [0.2, 0.25) is 0 Å². The van der Waals surface area contributed by atoms with Gasteiger partial charge in [-0.05, 0) is 98.7 Å². The van der Waals surface area contributed by atoms with E-state index in [2.05, 4.69) is 19.1 Å². The van der Waals surface area contributed by atoms with Crippen LogP contribution in [0.5, 0.6) is 0 Å². The minimum atomic E-state index is -3.22. The Bertz CT molecular complexity index is 1480. The third-order valence-corrected chi connectivity index (χ3v) is 10.1. The molecule has 2 saturated heterocycles. The van der Waals surface area contributed by atoms with Crippen molar-refractivity contribution >= 4 is 26.8 Å². The van der Waals surface area contributed by atoms with Gasteiger partial charge in [0.05, 0.1) is 17.3 Å². The number of hydrogen-bond donors (Lipinski definition) is 1. The molecule has 1 amide bonds. The van der Waals surface area contributed by atoms with E-state index in [1.54, 1.807) is 12.1 Å². The fourth-order valence-electron chi connectivity index (χ4n) is 7.13. The Labute approximate surface area is 242 Å². The summed E-state index contributed by atoms with van der Waals surface area (Å²) in [5, 5.41) is 1.03. The molecule has 3 aromatic rings. The Hall–Kier alpha value is -2.75. The van der Waals surface area contributed by atoms with Crippen LogP contribution in [0.15, 0.2) is 54.7 Å². The van der Waals surface area contributed by atoms with Crippen LogP contribution in [-0.2, 0) is 16.6 Å². The molecule has 2 aromatic carbocycles. The quantitative estimate of drug-likeness (QED) is 0.353. The van der Waals surface area contributed by atoms with Gasteiger partial charge in [0.1, 0.15) is 5.82 Å². The van der Waals surface area contributed by atoms with Gasteiger partial charge in [0.15, 0.2) is 0 Å². The van der Waals surface area contributed by atoms with Gasteiger partial charge >= 0.3 is 0 Å². The second kappa shape index (κ2) is 11.9. The van der Waals surface area contributed by atoms with Crippen LogP contribution in [0, 0.1) is 23.6 Å². The number of para-hydroxylation sites is 1. The maximum atomic E-state index is 14.0. The van der Waals surface area contributed by atoms with Crippen LogP contribution in [0.1, 0.15) is 53.9 Å². The molecule has 1 aromatic heterocycles. The summed E-state index contributed by atoms with van der Waals surface area (Å²) in [7, 11) is -3.22. The van der Waals surface area contributed by atoms with Gasteiger partial charge < -0.3 is 14.4 Å². The smallest absolute Gasteiger partial charge is 0.256 e. The molecule has 1 saturated carbocycles. The van der Waals surface area contributed by atoms with Crippen LogP contribution >= 0.6 is 0 Å². The Morgan fingerprint density at radius 1 is 1.00 bits per heavy atom. The molecule has 6 rings (SSSR count). The molecule has 0 unspecified atom stereocenters.